The van der Waals surface area contributed by atoms with Gasteiger partial charge in [0.15, 0.2) is 12.6 Å². The second-order valence-corrected chi connectivity index (χ2v) is 3.54. The maximum absolute atomic E-state index is 5.64. The molecule has 0 aliphatic carbocycles. The molecule has 3 nitrogen and oxygen atoms in total. The van der Waals surface area contributed by atoms with E-state index in [0.717, 1.165) is 17.5 Å². The zero-order chi connectivity index (χ0) is 10.7. The molecule has 0 saturated heterocycles. The predicted octanol–water partition coefficient (Wildman–Crippen LogP) is 2.79. The van der Waals surface area contributed by atoms with Gasteiger partial charge in [0.1, 0.15) is 0 Å². The van der Waals surface area contributed by atoms with E-state index < -0.39 is 0 Å². The number of benzene rings is 1. The standard InChI is InChI=1S/C12H16O3/c1-3-8-14-12-10-7-5-4-6-9(10)11(13-2)15-12/h4-7,11-12H,3,8H2,1-2H3. The van der Waals surface area contributed by atoms with Crippen LogP contribution in [0.3, 0.4) is 0 Å². The number of hydrogen-bond donors (Lipinski definition) is 0. The topological polar surface area (TPSA) is 27.7 Å². The fourth-order valence-electron chi connectivity index (χ4n) is 1.74. The van der Waals surface area contributed by atoms with Gasteiger partial charge in [0.2, 0.25) is 0 Å². The maximum atomic E-state index is 5.64. The molecule has 15 heavy (non-hydrogen) atoms. The summed E-state index contributed by atoms with van der Waals surface area (Å²) >= 11 is 0. The zero-order valence-corrected chi connectivity index (χ0v) is 9.10. The summed E-state index contributed by atoms with van der Waals surface area (Å²) in [6.45, 7) is 2.78. The maximum Gasteiger partial charge on any atom is 0.187 e. The van der Waals surface area contributed by atoms with Crippen LogP contribution in [0.2, 0.25) is 0 Å². The van der Waals surface area contributed by atoms with E-state index in [1.165, 1.54) is 0 Å². The third-order valence-electron chi connectivity index (χ3n) is 2.44. The third-order valence-corrected chi connectivity index (χ3v) is 2.44. The van der Waals surface area contributed by atoms with Gasteiger partial charge in [-0.05, 0) is 6.42 Å². The van der Waals surface area contributed by atoms with Gasteiger partial charge < -0.3 is 14.2 Å². The molecule has 0 saturated carbocycles. The minimum absolute atomic E-state index is 0.272. The Labute approximate surface area is 90.0 Å². The van der Waals surface area contributed by atoms with Crippen molar-refractivity contribution in [2.45, 2.75) is 25.9 Å². The van der Waals surface area contributed by atoms with Gasteiger partial charge in [-0.25, -0.2) is 0 Å². The van der Waals surface area contributed by atoms with Crippen molar-refractivity contribution in [3.05, 3.63) is 35.4 Å². The molecule has 1 aromatic carbocycles. The molecular formula is C12H16O3. The van der Waals surface area contributed by atoms with Crippen molar-refractivity contribution >= 4 is 0 Å². The molecule has 0 bridgehead atoms. The molecular weight excluding hydrogens is 192 g/mol. The quantitative estimate of drug-likeness (QED) is 0.761. The normalized spacial score (nSPS) is 24.1. The summed E-state index contributed by atoms with van der Waals surface area (Å²) in [5, 5.41) is 0. The molecule has 1 aliphatic heterocycles. The summed E-state index contributed by atoms with van der Waals surface area (Å²) in [6, 6.07) is 8.01. The summed E-state index contributed by atoms with van der Waals surface area (Å²) in [7, 11) is 1.64. The molecule has 0 spiro atoms. The van der Waals surface area contributed by atoms with Gasteiger partial charge in [0, 0.05) is 24.8 Å². The molecule has 0 amide bonds. The Bertz CT molecular complexity index is 324. The average Bonchev–Trinajstić information content (AvgIpc) is 2.65. The van der Waals surface area contributed by atoms with Crippen molar-refractivity contribution < 1.29 is 14.2 Å². The molecule has 0 aromatic heterocycles. The Balaban J connectivity index is 2.18. The van der Waals surface area contributed by atoms with E-state index >= 15 is 0 Å². The number of ether oxygens (including phenoxy) is 3. The molecule has 0 N–H and O–H groups in total. The third kappa shape index (κ3) is 2.04. The van der Waals surface area contributed by atoms with E-state index in [1.807, 2.05) is 24.3 Å². The minimum Gasteiger partial charge on any atom is -0.352 e. The second-order valence-electron chi connectivity index (χ2n) is 3.54. The van der Waals surface area contributed by atoms with Crippen LogP contribution in [0.15, 0.2) is 24.3 Å². The van der Waals surface area contributed by atoms with Crippen molar-refractivity contribution in [3.63, 3.8) is 0 Å². The molecule has 1 aliphatic rings. The van der Waals surface area contributed by atoms with Gasteiger partial charge in [-0.15, -0.1) is 0 Å². The summed E-state index contributed by atoms with van der Waals surface area (Å²) in [5.41, 5.74) is 2.15. The zero-order valence-electron chi connectivity index (χ0n) is 9.10. The van der Waals surface area contributed by atoms with E-state index in [4.69, 9.17) is 14.2 Å². The van der Waals surface area contributed by atoms with Crippen LogP contribution in [-0.4, -0.2) is 13.7 Å². The fraction of sp³-hybridized carbons (Fsp3) is 0.500. The Morgan fingerprint density at radius 2 is 1.87 bits per heavy atom. The highest BCUT2D eigenvalue weighted by Gasteiger charge is 2.31. The molecule has 82 valence electrons. The molecule has 2 rings (SSSR count). The molecule has 2 atom stereocenters. The molecule has 2 unspecified atom stereocenters. The summed E-state index contributed by atoms with van der Waals surface area (Å²) in [4.78, 5) is 0. The van der Waals surface area contributed by atoms with Crippen LogP contribution in [0.25, 0.3) is 0 Å². The van der Waals surface area contributed by atoms with Crippen LogP contribution in [0.5, 0.6) is 0 Å². The van der Waals surface area contributed by atoms with Crippen molar-refractivity contribution in [2.24, 2.45) is 0 Å². The first-order valence-corrected chi connectivity index (χ1v) is 5.25. The van der Waals surface area contributed by atoms with Gasteiger partial charge in [-0.1, -0.05) is 31.2 Å². The Morgan fingerprint density at radius 1 is 1.20 bits per heavy atom. The summed E-state index contributed by atoms with van der Waals surface area (Å²) in [5.74, 6) is 0. The molecule has 1 heterocycles. The van der Waals surface area contributed by atoms with Crippen molar-refractivity contribution in [3.8, 4) is 0 Å². The van der Waals surface area contributed by atoms with Crippen LogP contribution in [0, 0.1) is 0 Å². The Hall–Kier alpha value is -0.900. The smallest absolute Gasteiger partial charge is 0.187 e. The summed E-state index contributed by atoms with van der Waals surface area (Å²) < 4.78 is 16.5. The highest BCUT2D eigenvalue weighted by atomic mass is 16.8. The van der Waals surface area contributed by atoms with E-state index in [9.17, 15) is 0 Å². The molecule has 3 heteroatoms. The Morgan fingerprint density at radius 3 is 2.47 bits per heavy atom. The van der Waals surface area contributed by atoms with Gasteiger partial charge in [0.25, 0.3) is 0 Å². The van der Waals surface area contributed by atoms with Crippen molar-refractivity contribution in [1.82, 2.24) is 0 Å². The first-order valence-electron chi connectivity index (χ1n) is 5.25. The van der Waals surface area contributed by atoms with Crippen molar-refractivity contribution in [2.75, 3.05) is 13.7 Å². The highest BCUT2D eigenvalue weighted by Crippen LogP contribution is 2.39. The number of hydrogen-bond acceptors (Lipinski definition) is 3. The van der Waals surface area contributed by atoms with Crippen LogP contribution >= 0.6 is 0 Å². The second kappa shape index (κ2) is 4.75. The van der Waals surface area contributed by atoms with Crippen LogP contribution in [0.4, 0.5) is 0 Å². The first-order chi connectivity index (χ1) is 7.36. The lowest BCUT2D eigenvalue weighted by atomic mass is 10.1. The van der Waals surface area contributed by atoms with E-state index in [2.05, 4.69) is 6.92 Å². The van der Waals surface area contributed by atoms with E-state index in [-0.39, 0.29) is 12.6 Å². The lowest BCUT2D eigenvalue weighted by molar-refractivity contribution is -0.226. The van der Waals surface area contributed by atoms with Crippen LogP contribution in [-0.2, 0) is 14.2 Å². The van der Waals surface area contributed by atoms with Gasteiger partial charge in [-0.2, -0.15) is 0 Å². The molecule has 0 fully saturated rings. The number of fused-ring (bicyclic) bond motifs is 1. The predicted molar refractivity (Wildman–Crippen MR) is 56.3 cm³/mol. The molecule has 1 aromatic rings. The van der Waals surface area contributed by atoms with Crippen LogP contribution in [0.1, 0.15) is 37.1 Å². The van der Waals surface area contributed by atoms with Gasteiger partial charge >= 0.3 is 0 Å². The van der Waals surface area contributed by atoms with E-state index in [0.29, 0.717) is 6.61 Å². The van der Waals surface area contributed by atoms with E-state index in [1.54, 1.807) is 7.11 Å². The summed E-state index contributed by atoms with van der Waals surface area (Å²) in [6.07, 6.45) is 0.425. The SMILES string of the molecule is CCCOC1OC(OC)c2ccccc21. The lowest BCUT2D eigenvalue weighted by Crippen LogP contribution is -2.05. The Kier molecular flexibility index (Phi) is 3.36. The number of methoxy groups -OCH3 is 1. The minimum atomic E-state index is -0.289. The first kappa shape index (κ1) is 10.6. The van der Waals surface area contributed by atoms with Gasteiger partial charge in [-0.3, -0.25) is 0 Å². The monoisotopic (exact) mass is 208 g/mol. The lowest BCUT2D eigenvalue weighted by Gasteiger charge is -2.13. The fourth-order valence-corrected chi connectivity index (χ4v) is 1.74. The largest absolute Gasteiger partial charge is 0.352 e. The molecule has 0 radical (unpaired) electrons. The van der Waals surface area contributed by atoms with Gasteiger partial charge in [0.05, 0.1) is 0 Å². The average molecular weight is 208 g/mol. The van der Waals surface area contributed by atoms with Crippen LogP contribution < -0.4 is 0 Å². The van der Waals surface area contributed by atoms with Crippen molar-refractivity contribution in [1.29, 1.82) is 0 Å². The number of rotatable bonds is 4. The highest BCUT2D eigenvalue weighted by molar-refractivity contribution is 5.32.